The average Bonchev–Trinajstić information content (AvgIpc) is 2.77. The molecule has 0 aliphatic heterocycles. The fraction of sp³-hybridized carbons (Fsp3) is 0.125. The Bertz CT molecular complexity index is 965. The van der Waals surface area contributed by atoms with Crippen LogP contribution in [0.4, 0.5) is 0 Å². The lowest BCUT2D eigenvalue weighted by Gasteiger charge is -2.15. The van der Waals surface area contributed by atoms with Crippen LogP contribution >= 0.6 is 0 Å². The molecule has 4 heteroatoms. The first-order valence-corrected chi connectivity index (χ1v) is 8.84. The minimum atomic E-state index is -0.0414. The summed E-state index contributed by atoms with van der Waals surface area (Å²) in [5.41, 5.74) is 3.44. The first kappa shape index (κ1) is 19.2. The Hall–Kier alpha value is -3.53. The van der Waals surface area contributed by atoms with E-state index in [0.717, 1.165) is 16.7 Å². The lowest BCUT2D eigenvalue weighted by molar-refractivity contribution is 0.104. The van der Waals surface area contributed by atoms with Gasteiger partial charge in [0.15, 0.2) is 17.3 Å². The Labute approximate surface area is 165 Å². The van der Waals surface area contributed by atoms with Crippen LogP contribution in [-0.4, -0.2) is 27.1 Å². The van der Waals surface area contributed by atoms with Gasteiger partial charge in [-0.25, -0.2) is 0 Å². The second-order valence-electron chi connectivity index (χ2n) is 6.06. The molecule has 0 radical (unpaired) electrons. The van der Waals surface area contributed by atoms with E-state index in [0.29, 0.717) is 22.8 Å². The molecule has 4 nitrogen and oxygen atoms in total. The minimum absolute atomic E-state index is 0.0414. The van der Waals surface area contributed by atoms with Crippen LogP contribution in [0.15, 0.2) is 72.8 Å². The summed E-state index contributed by atoms with van der Waals surface area (Å²) < 4.78 is 16.3. The maximum absolute atomic E-state index is 12.4. The van der Waals surface area contributed by atoms with E-state index >= 15 is 0 Å². The van der Waals surface area contributed by atoms with Crippen LogP contribution < -0.4 is 14.2 Å². The summed E-state index contributed by atoms with van der Waals surface area (Å²) in [6.07, 6.45) is 3.42. The molecule has 3 aromatic rings. The van der Waals surface area contributed by atoms with Gasteiger partial charge in [0.25, 0.3) is 0 Å². The van der Waals surface area contributed by atoms with E-state index < -0.39 is 0 Å². The highest BCUT2D eigenvalue weighted by Gasteiger charge is 2.15. The van der Waals surface area contributed by atoms with E-state index in [-0.39, 0.29) is 5.78 Å². The molecule has 0 saturated heterocycles. The maximum Gasteiger partial charge on any atom is 0.203 e. The number of allylic oxidation sites excluding steroid dienone is 1. The first-order valence-electron chi connectivity index (χ1n) is 8.84. The van der Waals surface area contributed by atoms with E-state index in [9.17, 15) is 4.79 Å². The predicted octanol–water partition coefficient (Wildman–Crippen LogP) is 5.28. The van der Waals surface area contributed by atoms with Crippen LogP contribution in [0.25, 0.3) is 17.2 Å². The van der Waals surface area contributed by atoms with Crippen molar-refractivity contribution in [2.24, 2.45) is 0 Å². The van der Waals surface area contributed by atoms with Crippen molar-refractivity contribution in [3.8, 4) is 28.4 Å². The van der Waals surface area contributed by atoms with Crippen LogP contribution in [0, 0.1) is 0 Å². The fourth-order valence-electron chi connectivity index (χ4n) is 3.01. The Kier molecular flexibility index (Phi) is 6.12. The van der Waals surface area contributed by atoms with Gasteiger partial charge < -0.3 is 14.2 Å². The van der Waals surface area contributed by atoms with Gasteiger partial charge >= 0.3 is 0 Å². The highest BCUT2D eigenvalue weighted by atomic mass is 16.5. The number of hydrogen-bond donors (Lipinski definition) is 0. The average molecular weight is 374 g/mol. The number of carbonyl (C=O) groups is 1. The Morgan fingerprint density at radius 3 is 2.00 bits per heavy atom. The number of carbonyl (C=O) groups excluding carboxylic acids is 1. The molecule has 0 heterocycles. The highest BCUT2D eigenvalue weighted by Crippen LogP contribution is 2.41. The number of benzene rings is 3. The normalized spacial score (nSPS) is 10.7. The summed E-state index contributed by atoms with van der Waals surface area (Å²) in [4.78, 5) is 12.4. The van der Waals surface area contributed by atoms with Crippen LogP contribution in [0.5, 0.6) is 17.2 Å². The molecular weight excluding hydrogens is 352 g/mol. The standard InChI is InChI=1S/C24H22O4/c1-26-22-15-19(16-23(27-2)24(22)28-3)20-12-8-7-9-17(20)13-14-21(25)18-10-5-4-6-11-18/h4-16H,1-3H3. The van der Waals surface area contributed by atoms with Gasteiger partial charge in [0.05, 0.1) is 21.3 Å². The molecule has 0 atom stereocenters. The zero-order chi connectivity index (χ0) is 19.9. The quantitative estimate of drug-likeness (QED) is 0.417. The minimum Gasteiger partial charge on any atom is -0.493 e. The molecule has 0 aromatic heterocycles. The summed E-state index contributed by atoms with van der Waals surface area (Å²) in [6.45, 7) is 0. The SMILES string of the molecule is COc1cc(-c2ccccc2C=CC(=O)c2ccccc2)cc(OC)c1OC. The molecule has 0 aliphatic rings. The van der Waals surface area contributed by atoms with Crippen molar-refractivity contribution in [1.29, 1.82) is 0 Å². The van der Waals surface area contributed by atoms with Crippen molar-refractivity contribution in [2.45, 2.75) is 0 Å². The number of methoxy groups -OCH3 is 3. The van der Waals surface area contributed by atoms with E-state index in [1.807, 2.05) is 60.7 Å². The summed E-state index contributed by atoms with van der Waals surface area (Å²) >= 11 is 0. The zero-order valence-corrected chi connectivity index (χ0v) is 16.1. The predicted molar refractivity (Wildman–Crippen MR) is 111 cm³/mol. The van der Waals surface area contributed by atoms with Gasteiger partial charge in [-0.3, -0.25) is 4.79 Å². The van der Waals surface area contributed by atoms with Gasteiger partial charge in [0.1, 0.15) is 0 Å². The van der Waals surface area contributed by atoms with Gasteiger partial charge in [-0.1, -0.05) is 60.7 Å². The van der Waals surface area contributed by atoms with Crippen LogP contribution in [0.1, 0.15) is 15.9 Å². The molecule has 0 bridgehead atoms. The lowest BCUT2D eigenvalue weighted by Crippen LogP contribution is -1.96. The molecule has 0 saturated carbocycles. The molecular formula is C24H22O4. The van der Waals surface area contributed by atoms with E-state index in [1.54, 1.807) is 39.5 Å². The maximum atomic E-state index is 12.4. The second-order valence-corrected chi connectivity index (χ2v) is 6.06. The molecule has 3 aromatic carbocycles. The van der Waals surface area contributed by atoms with Gasteiger partial charge in [0.2, 0.25) is 5.75 Å². The number of ketones is 1. The first-order chi connectivity index (χ1) is 13.7. The van der Waals surface area contributed by atoms with E-state index in [2.05, 4.69) is 0 Å². The second kappa shape index (κ2) is 8.91. The number of rotatable bonds is 7. The van der Waals surface area contributed by atoms with Crippen molar-refractivity contribution in [3.63, 3.8) is 0 Å². The molecule has 0 fully saturated rings. The molecule has 0 unspecified atom stereocenters. The molecule has 0 spiro atoms. The molecule has 28 heavy (non-hydrogen) atoms. The Balaban J connectivity index is 2.01. The Morgan fingerprint density at radius 1 is 0.786 bits per heavy atom. The molecule has 142 valence electrons. The van der Waals surface area contributed by atoms with E-state index in [4.69, 9.17) is 14.2 Å². The van der Waals surface area contributed by atoms with Gasteiger partial charge in [-0.05, 0) is 34.9 Å². The smallest absolute Gasteiger partial charge is 0.203 e. The number of hydrogen-bond acceptors (Lipinski definition) is 4. The highest BCUT2D eigenvalue weighted by molar-refractivity contribution is 6.07. The summed E-state index contributed by atoms with van der Waals surface area (Å²) in [7, 11) is 4.75. The van der Waals surface area contributed by atoms with Crippen LogP contribution in [0.2, 0.25) is 0 Å². The summed E-state index contributed by atoms with van der Waals surface area (Å²) in [6, 6.07) is 20.8. The zero-order valence-electron chi connectivity index (χ0n) is 16.1. The third-order valence-corrected chi connectivity index (χ3v) is 4.41. The molecule has 3 rings (SSSR count). The third kappa shape index (κ3) is 4.07. The molecule has 0 amide bonds. The Morgan fingerprint density at radius 2 is 1.39 bits per heavy atom. The van der Waals surface area contributed by atoms with Gasteiger partial charge in [-0.2, -0.15) is 0 Å². The summed E-state index contributed by atoms with van der Waals surface area (Å²) in [5.74, 6) is 1.66. The van der Waals surface area contributed by atoms with Crippen molar-refractivity contribution in [1.82, 2.24) is 0 Å². The fourth-order valence-corrected chi connectivity index (χ4v) is 3.01. The van der Waals surface area contributed by atoms with Crippen molar-refractivity contribution in [2.75, 3.05) is 21.3 Å². The topological polar surface area (TPSA) is 44.8 Å². The lowest BCUT2D eigenvalue weighted by atomic mass is 9.98. The summed E-state index contributed by atoms with van der Waals surface area (Å²) in [5, 5.41) is 0. The number of ether oxygens (including phenoxy) is 3. The van der Waals surface area contributed by atoms with Crippen LogP contribution in [-0.2, 0) is 0 Å². The third-order valence-electron chi connectivity index (χ3n) is 4.41. The van der Waals surface area contributed by atoms with Gasteiger partial charge in [0, 0.05) is 5.56 Å². The van der Waals surface area contributed by atoms with Gasteiger partial charge in [-0.15, -0.1) is 0 Å². The van der Waals surface area contributed by atoms with Crippen molar-refractivity contribution < 1.29 is 19.0 Å². The van der Waals surface area contributed by atoms with Crippen molar-refractivity contribution in [3.05, 3.63) is 83.9 Å². The largest absolute Gasteiger partial charge is 0.493 e. The van der Waals surface area contributed by atoms with Crippen LogP contribution in [0.3, 0.4) is 0 Å². The molecule has 0 N–H and O–H groups in total. The van der Waals surface area contributed by atoms with Crippen molar-refractivity contribution >= 4 is 11.9 Å². The monoisotopic (exact) mass is 374 g/mol. The van der Waals surface area contributed by atoms with E-state index in [1.165, 1.54) is 0 Å². The molecule has 0 aliphatic carbocycles.